The summed E-state index contributed by atoms with van der Waals surface area (Å²) in [6.07, 6.45) is 4.49. The highest BCUT2D eigenvalue weighted by atomic mass is 28.4. The van der Waals surface area contributed by atoms with Gasteiger partial charge in [-0.25, -0.2) is 0 Å². The van der Waals surface area contributed by atoms with Crippen molar-refractivity contribution < 1.29 is 24.2 Å². The Labute approximate surface area is 232 Å². The first-order valence-corrected chi connectivity index (χ1v) is 17.5. The number of aliphatic hydroxyl groups excluding tert-OH is 1. The maximum Gasteiger partial charge on any atom is 0.231 e. The molecular formula is C31H42N2O5Si. The number of amides is 2. The number of likely N-dealkylation sites (tertiary alicyclic amines) is 1. The summed E-state index contributed by atoms with van der Waals surface area (Å²) in [5.41, 5.74) is 4.15. The van der Waals surface area contributed by atoms with Crippen LogP contribution in [0.1, 0.15) is 50.2 Å². The molecule has 0 aromatic heterocycles. The van der Waals surface area contributed by atoms with E-state index >= 15 is 0 Å². The van der Waals surface area contributed by atoms with E-state index in [9.17, 15) is 19.5 Å². The molecule has 7 nitrogen and oxygen atoms in total. The number of anilines is 2. The fourth-order valence-electron chi connectivity index (χ4n) is 7.12. The molecule has 0 aliphatic carbocycles. The molecule has 2 fully saturated rings. The van der Waals surface area contributed by atoms with E-state index in [4.69, 9.17) is 4.74 Å². The van der Waals surface area contributed by atoms with Crippen LogP contribution < -0.4 is 4.90 Å². The first kappa shape index (κ1) is 28.0. The first-order chi connectivity index (χ1) is 18.7. The van der Waals surface area contributed by atoms with Gasteiger partial charge in [0, 0.05) is 24.2 Å². The number of fused-ring (bicyclic) bond motifs is 1. The lowest BCUT2D eigenvalue weighted by molar-refractivity contribution is -0.135. The predicted octanol–water partition coefficient (Wildman–Crippen LogP) is 4.57. The van der Waals surface area contributed by atoms with Crippen LogP contribution in [0.2, 0.25) is 18.6 Å². The molecule has 2 saturated heterocycles. The van der Waals surface area contributed by atoms with Crippen molar-refractivity contribution in [1.82, 2.24) is 4.90 Å². The first-order valence-electron chi connectivity index (χ1n) is 14.5. The molecule has 2 amide bonds. The topological polar surface area (TPSA) is 90.3 Å². The van der Waals surface area contributed by atoms with Crippen LogP contribution in [0.3, 0.4) is 0 Å². The van der Waals surface area contributed by atoms with Gasteiger partial charge in [0.15, 0.2) is 8.32 Å². The highest BCUT2D eigenvalue weighted by Crippen LogP contribution is 2.46. The Morgan fingerprint density at radius 1 is 1.10 bits per heavy atom. The van der Waals surface area contributed by atoms with Gasteiger partial charge in [-0.2, -0.15) is 0 Å². The molecule has 8 heteroatoms. The summed E-state index contributed by atoms with van der Waals surface area (Å²) < 4.78 is 6.54. The Bertz CT molecular complexity index is 1200. The maximum absolute atomic E-state index is 13.2. The second-order valence-electron chi connectivity index (χ2n) is 12.1. The molecule has 2 aromatic rings. The number of carbonyl (C=O) groups excluding carboxylic acids is 2. The van der Waals surface area contributed by atoms with Crippen LogP contribution in [0.5, 0.6) is 0 Å². The zero-order chi connectivity index (χ0) is 27.7. The lowest BCUT2D eigenvalue weighted by Gasteiger charge is -2.31. The summed E-state index contributed by atoms with van der Waals surface area (Å²) in [5, 5.41) is 9.68. The molecule has 210 valence electrons. The molecule has 0 saturated carbocycles. The number of rotatable bonds is 8. The van der Waals surface area contributed by atoms with Crippen molar-refractivity contribution >= 4 is 31.5 Å². The minimum absolute atomic E-state index is 0.00631. The van der Waals surface area contributed by atoms with E-state index in [0.717, 1.165) is 49.0 Å². The Morgan fingerprint density at radius 3 is 2.67 bits per heavy atom. The zero-order valence-electron chi connectivity index (χ0n) is 23.4. The third-order valence-electron chi connectivity index (χ3n) is 8.98. The van der Waals surface area contributed by atoms with E-state index in [1.807, 2.05) is 48.3 Å². The van der Waals surface area contributed by atoms with E-state index in [-0.39, 0.29) is 54.6 Å². The second-order valence-corrected chi connectivity index (χ2v) is 16.1. The van der Waals surface area contributed by atoms with Crippen molar-refractivity contribution in [2.24, 2.45) is 5.92 Å². The van der Waals surface area contributed by atoms with Crippen LogP contribution in [-0.2, 0) is 27.2 Å². The Balaban J connectivity index is 1.28. The van der Waals surface area contributed by atoms with Gasteiger partial charge in [0.2, 0.25) is 11.8 Å². The monoisotopic (exact) mass is 550 g/mol. The molecule has 39 heavy (non-hydrogen) atoms. The van der Waals surface area contributed by atoms with Crippen LogP contribution in [0, 0.1) is 5.92 Å². The summed E-state index contributed by atoms with van der Waals surface area (Å²) >= 11 is 0. The summed E-state index contributed by atoms with van der Waals surface area (Å²) in [5.74, 6) is 0.276. The fourth-order valence-corrected chi connectivity index (χ4v) is 9.73. The number of aryl methyl sites for hydroxylation is 2. The summed E-state index contributed by atoms with van der Waals surface area (Å²) in [6.45, 7) is 6.71. The second kappa shape index (κ2) is 11.5. The van der Waals surface area contributed by atoms with Crippen molar-refractivity contribution in [3.63, 3.8) is 0 Å². The average Bonchev–Trinajstić information content (AvgIpc) is 3.51. The van der Waals surface area contributed by atoms with Crippen molar-refractivity contribution in [3.8, 4) is 0 Å². The number of hydrogen-bond acceptors (Lipinski definition) is 5. The molecule has 2 aromatic carbocycles. The molecule has 3 aliphatic rings. The van der Waals surface area contributed by atoms with Crippen molar-refractivity contribution in [3.05, 3.63) is 59.7 Å². The minimum atomic E-state index is -2.59. The summed E-state index contributed by atoms with van der Waals surface area (Å²) in [4.78, 5) is 40.9. The van der Waals surface area contributed by atoms with Gasteiger partial charge < -0.3 is 19.5 Å². The van der Waals surface area contributed by atoms with Gasteiger partial charge in [-0.3, -0.25) is 14.5 Å². The third-order valence-corrected chi connectivity index (χ3v) is 11.5. The van der Waals surface area contributed by atoms with Crippen LogP contribution >= 0.6 is 0 Å². The van der Waals surface area contributed by atoms with E-state index in [2.05, 4.69) is 25.1 Å². The number of hydrogen-bond donors (Lipinski definition) is 2. The van der Waals surface area contributed by atoms with Crippen molar-refractivity contribution in [2.45, 2.75) is 88.8 Å². The highest BCUT2D eigenvalue weighted by molar-refractivity contribution is 6.71. The van der Waals surface area contributed by atoms with Crippen LogP contribution in [-0.4, -0.2) is 66.3 Å². The average molecular weight is 551 g/mol. The van der Waals surface area contributed by atoms with Crippen molar-refractivity contribution in [2.75, 3.05) is 18.1 Å². The molecule has 2 N–H and O–H groups in total. The number of para-hydroxylation sites is 1. The Kier molecular flexibility index (Phi) is 8.28. The van der Waals surface area contributed by atoms with Crippen LogP contribution in [0.4, 0.5) is 11.4 Å². The molecule has 5 atom stereocenters. The number of benzene rings is 2. The Morgan fingerprint density at radius 2 is 1.90 bits per heavy atom. The maximum atomic E-state index is 13.2. The normalized spacial score (nSPS) is 27.2. The molecule has 0 radical (unpaired) electrons. The largest absolute Gasteiger partial charge is 0.432 e. The minimum Gasteiger partial charge on any atom is -0.432 e. The smallest absolute Gasteiger partial charge is 0.231 e. The number of nitrogens with zero attached hydrogens (tertiary/aromatic N) is 2. The van der Waals surface area contributed by atoms with Crippen LogP contribution in [0.25, 0.3) is 0 Å². The van der Waals surface area contributed by atoms with E-state index in [0.29, 0.717) is 13.0 Å². The highest BCUT2D eigenvalue weighted by Gasteiger charge is 2.50. The van der Waals surface area contributed by atoms with Gasteiger partial charge in [0.1, 0.15) is 0 Å². The standard InChI is InChI=1S/C31H42N2O5Si/c1-21-27(38-28(31(21)39(2,3)37)19-30(36)32-17-7-11-25(32)20-34)15-13-22-8-6-10-24(18-22)33-26-12-5-4-9-23(26)14-16-29(33)35/h4-6,8-10,12,18,21,25,27-28,31,34,37H,7,11,13-17,19-20H2,1-3H3/t21-,25+,27+,28-,31+/m1/s1. The molecule has 0 bridgehead atoms. The lowest BCUT2D eigenvalue weighted by Crippen LogP contribution is -2.43. The third kappa shape index (κ3) is 5.84. The molecule has 3 heterocycles. The van der Waals surface area contributed by atoms with Gasteiger partial charge >= 0.3 is 0 Å². The van der Waals surface area contributed by atoms with E-state index in [1.54, 1.807) is 4.90 Å². The Hall–Kier alpha value is -2.52. The zero-order valence-corrected chi connectivity index (χ0v) is 24.4. The van der Waals surface area contributed by atoms with Gasteiger partial charge in [-0.1, -0.05) is 37.3 Å². The number of carbonyl (C=O) groups is 2. The molecule has 5 rings (SSSR count). The van der Waals surface area contributed by atoms with E-state index < -0.39 is 8.32 Å². The summed E-state index contributed by atoms with van der Waals surface area (Å²) in [6, 6.07) is 16.2. The van der Waals surface area contributed by atoms with Gasteiger partial charge in [0.25, 0.3) is 0 Å². The summed E-state index contributed by atoms with van der Waals surface area (Å²) in [7, 11) is -2.59. The van der Waals surface area contributed by atoms with Crippen molar-refractivity contribution in [1.29, 1.82) is 0 Å². The quantitative estimate of drug-likeness (QED) is 0.470. The molecular weight excluding hydrogens is 508 g/mol. The van der Waals surface area contributed by atoms with Crippen LogP contribution in [0.15, 0.2) is 48.5 Å². The molecule has 0 spiro atoms. The fraction of sp³-hybridized carbons (Fsp3) is 0.548. The SMILES string of the molecule is C[C@H]1[C@H]([Si](C)(C)O)[C@@H](CC(=O)N2CCC[C@H]2CO)O[C@H]1CCc1cccc(N2C(=O)CCc3ccccc32)c1. The lowest BCUT2D eigenvalue weighted by atomic mass is 9.94. The van der Waals surface area contributed by atoms with E-state index in [1.165, 1.54) is 5.56 Å². The molecule has 3 aliphatic heterocycles. The van der Waals surface area contributed by atoms with Gasteiger partial charge in [-0.15, -0.1) is 0 Å². The van der Waals surface area contributed by atoms with Gasteiger partial charge in [-0.05, 0) is 80.4 Å². The number of aliphatic hydroxyl groups is 1. The number of ether oxygens (including phenoxy) is 1. The predicted molar refractivity (Wildman–Crippen MR) is 154 cm³/mol. The van der Waals surface area contributed by atoms with Gasteiger partial charge in [0.05, 0.1) is 37.0 Å². The molecule has 0 unspecified atom stereocenters.